The van der Waals surface area contributed by atoms with Crippen LogP contribution in [0.25, 0.3) is 22.3 Å². The summed E-state index contributed by atoms with van der Waals surface area (Å²) in [4.78, 5) is 36.1. The molecule has 0 bridgehead atoms. The van der Waals surface area contributed by atoms with Crippen molar-refractivity contribution in [2.45, 2.75) is 58.3 Å². The standard InChI is InChI=1S/C24H21Cl2F3N6.C23H21Cl2F3N6/c25-17-5-4-6-18(26)16(17)13-19-31-20-21(30-15-9-7-14(8-10-15)24(27,28)29)33-23(34-22(20)32-19)35-11-2-1-3-12-35;1-12(2)11-29-22-33-20(30-14-8-6-13(7-9-14)23(26,27)28)19-21(34-22)32-18(31-19)10-15-16(24)4-3-5-17(15)25/h4-10H,1-3,11-13H2,(H2,30,31,32,33,34);3-9,12H,10-11H2,1-2H3,(H3,29,30,31,32,33,34). The van der Waals surface area contributed by atoms with Crippen LogP contribution in [0.1, 0.15) is 67.0 Å². The molecule has 12 nitrogen and oxygen atoms in total. The number of benzene rings is 4. The minimum absolute atomic E-state index is 0.337. The summed E-state index contributed by atoms with van der Waals surface area (Å²) in [5.74, 6) is 3.19. The van der Waals surface area contributed by atoms with Crippen molar-refractivity contribution in [3.63, 3.8) is 0 Å². The number of hydrogen-bond acceptors (Lipinski definition) is 10. The molecule has 0 aliphatic carbocycles. The van der Waals surface area contributed by atoms with Crippen LogP contribution in [0.15, 0.2) is 84.9 Å². The molecular weight excluding hydrogens is 988 g/mol. The molecule has 0 spiro atoms. The van der Waals surface area contributed by atoms with E-state index in [1.807, 2.05) is 13.8 Å². The summed E-state index contributed by atoms with van der Waals surface area (Å²) in [6.07, 6.45) is -4.88. The highest BCUT2D eigenvalue weighted by Crippen LogP contribution is 2.35. The highest BCUT2D eigenvalue weighted by Gasteiger charge is 2.31. The predicted octanol–water partition coefficient (Wildman–Crippen LogP) is 14.1. The van der Waals surface area contributed by atoms with Gasteiger partial charge >= 0.3 is 12.4 Å². The Morgan fingerprint density at radius 1 is 0.565 bits per heavy atom. The minimum atomic E-state index is -4.41. The number of anilines is 6. The molecule has 1 aliphatic rings. The van der Waals surface area contributed by atoms with E-state index in [-0.39, 0.29) is 0 Å². The lowest BCUT2D eigenvalue weighted by Gasteiger charge is -2.26. The van der Waals surface area contributed by atoms with Crippen LogP contribution in [0.3, 0.4) is 0 Å². The Morgan fingerprint density at radius 2 is 1.00 bits per heavy atom. The van der Waals surface area contributed by atoms with Crippen LogP contribution in [-0.4, -0.2) is 59.5 Å². The van der Waals surface area contributed by atoms with E-state index in [4.69, 9.17) is 51.4 Å². The second kappa shape index (κ2) is 20.9. The SMILES string of the molecule is CC(C)CNc1nc(Nc2ccc(C(F)(F)F)cc2)c2[nH]c(Cc3c(Cl)cccc3Cl)nc2n1.FC(F)(F)c1ccc(Nc2nc(N3CCCCC3)nc3nc(Cc4c(Cl)cccc4Cl)[nH]c23)cc1. The summed E-state index contributed by atoms with van der Waals surface area (Å²) in [6.45, 7) is 6.40. The lowest BCUT2D eigenvalue weighted by atomic mass is 10.1. The summed E-state index contributed by atoms with van der Waals surface area (Å²) in [7, 11) is 0. The third-order valence-corrected chi connectivity index (χ3v) is 12.3. The fourth-order valence-corrected chi connectivity index (χ4v) is 8.39. The average molecular weight is 1030 g/mol. The molecule has 0 atom stereocenters. The van der Waals surface area contributed by atoms with Gasteiger partial charge in [0.2, 0.25) is 11.9 Å². The molecule has 4 aromatic carbocycles. The van der Waals surface area contributed by atoms with Gasteiger partial charge in [0.25, 0.3) is 0 Å². The summed E-state index contributed by atoms with van der Waals surface area (Å²) >= 11 is 25.3. The maximum atomic E-state index is 13.0. The zero-order valence-electron chi connectivity index (χ0n) is 36.7. The molecule has 69 heavy (non-hydrogen) atoms. The first-order chi connectivity index (χ1) is 32.9. The molecule has 360 valence electrons. The lowest BCUT2D eigenvalue weighted by molar-refractivity contribution is -0.138. The smallest absolute Gasteiger partial charge is 0.354 e. The van der Waals surface area contributed by atoms with Gasteiger partial charge in [0, 0.05) is 63.9 Å². The van der Waals surface area contributed by atoms with Crippen molar-refractivity contribution in [1.82, 2.24) is 39.9 Å². The lowest BCUT2D eigenvalue weighted by Crippen LogP contribution is -2.31. The van der Waals surface area contributed by atoms with Gasteiger partial charge in [-0.25, -0.2) is 9.97 Å². The summed E-state index contributed by atoms with van der Waals surface area (Å²) in [5, 5.41) is 11.5. The van der Waals surface area contributed by atoms with Gasteiger partial charge in [-0.3, -0.25) is 0 Å². The number of hydrogen-bond donors (Lipinski definition) is 5. The maximum Gasteiger partial charge on any atom is 0.416 e. The Balaban J connectivity index is 0.000000186. The topological polar surface area (TPSA) is 148 Å². The molecule has 5 heterocycles. The Hall–Kier alpha value is -6.08. The zero-order chi connectivity index (χ0) is 49.0. The quantitative estimate of drug-likeness (QED) is 0.0749. The van der Waals surface area contributed by atoms with Gasteiger partial charge in [0.1, 0.15) is 22.7 Å². The third kappa shape index (κ3) is 12.2. The van der Waals surface area contributed by atoms with Crippen molar-refractivity contribution in [2.24, 2.45) is 5.92 Å². The Bertz CT molecular complexity index is 3020. The van der Waals surface area contributed by atoms with E-state index in [0.717, 1.165) is 62.2 Å². The number of nitrogens with zero attached hydrogens (tertiary/aromatic N) is 7. The molecule has 0 amide bonds. The zero-order valence-corrected chi connectivity index (χ0v) is 39.8. The predicted molar refractivity (Wildman–Crippen MR) is 261 cm³/mol. The highest BCUT2D eigenvalue weighted by atomic mass is 35.5. The van der Waals surface area contributed by atoms with Crippen molar-refractivity contribution < 1.29 is 26.3 Å². The van der Waals surface area contributed by atoms with Crippen LogP contribution in [0, 0.1) is 5.92 Å². The molecular formula is C47H42Cl4F6N12. The molecule has 5 N–H and O–H groups in total. The maximum absolute atomic E-state index is 13.0. The minimum Gasteiger partial charge on any atom is -0.354 e. The fourth-order valence-electron chi connectivity index (χ4n) is 7.33. The Morgan fingerprint density at radius 3 is 1.43 bits per heavy atom. The van der Waals surface area contributed by atoms with Crippen molar-refractivity contribution in [3.05, 3.63) is 139 Å². The number of aromatic nitrogens is 8. The van der Waals surface area contributed by atoms with Crippen LogP contribution < -0.4 is 20.9 Å². The number of aromatic amines is 2. The first kappa shape index (κ1) is 49.3. The number of imidazole rings is 2. The van der Waals surface area contributed by atoms with Gasteiger partial charge in [-0.05, 0) is 109 Å². The summed E-state index contributed by atoms with van der Waals surface area (Å²) in [6, 6.07) is 20.1. The molecule has 4 aromatic heterocycles. The van der Waals surface area contributed by atoms with Gasteiger partial charge in [-0.15, -0.1) is 0 Å². The number of nitrogens with one attached hydrogen (secondary N) is 5. The van der Waals surface area contributed by atoms with Gasteiger partial charge in [-0.1, -0.05) is 72.4 Å². The number of fused-ring (bicyclic) bond motifs is 2. The van der Waals surface area contributed by atoms with Crippen molar-refractivity contribution in [1.29, 1.82) is 0 Å². The molecule has 1 aliphatic heterocycles. The monoisotopic (exact) mass is 1030 g/mol. The normalized spacial score (nSPS) is 13.2. The molecule has 0 radical (unpaired) electrons. The number of piperidine rings is 1. The Kier molecular flexibility index (Phi) is 14.9. The number of alkyl halides is 6. The van der Waals surface area contributed by atoms with Crippen molar-refractivity contribution >= 4 is 104 Å². The molecule has 0 saturated carbocycles. The number of rotatable bonds is 12. The first-order valence-electron chi connectivity index (χ1n) is 21.6. The number of H-pyrrole nitrogens is 2. The van der Waals surface area contributed by atoms with E-state index in [9.17, 15) is 26.3 Å². The summed E-state index contributed by atoms with van der Waals surface area (Å²) in [5.41, 5.74) is 2.81. The second-order valence-corrected chi connectivity index (χ2v) is 18.1. The molecule has 22 heteroatoms. The molecule has 9 rings (SSSR count). The van der Waals surface area contributed by atoms with Crippen molar-refractivity contribution in [3.8, 4) is 0 Å². The van der Waals surface area contributed by atoms with E-state index < -0.39 is 23.5 Å². The number of halogens is 10. The third-order valence-electron chi connectivity index (χ3n) is 10.9. The van der Waals surface area contributed by atoms with E-state index in [1.54, 1.807) is 36.4 Å². The van der Waals surface area contributed by atoms with Gasteiger partial charge in [0.15, 0.2) is 22.9 Å². The van der Waals surface area contributed by atoms with Gasteiger partial charge in [-0.2, -0.15) is 46.3 Å². The second-order valence-electron chi connectivity index (χ2n) is 16.5. The van der Waals surface area contributed by atoms with Crippen LogP contribution >= 0.6 is 46.4 Å². The summed E-state index contributed by atoms with van der Waals surface area (Å²) < 4.78 is 77.7. The van der Waals surface area contributed by atoms with Crippen LogP contribution in [-0.2, 0) is 25.2 Å². The van der Waals surface area contributed by atoms with Crippen LogP contribution in [0.2, 0.25) is 20.1 Å². The largest absolute Gasteiger partial charge is 0.416 e. The van der Waals surface area contributed by atoms with Crippen molar-refractivity contribution in [2.75, 3.05) is 40.5 Å². The molecule has 0 unspecified atom stereocenters. The van der Waals surface area contributed by atoms with E-state index in [1.165, 1.54) is 24.3 Å². The van der Waals surface area contributed by atoms with Crippen LogP contribution in [0.5, 0.6) is 0 Å². The van der Waals surface area contributed by atoms with Crippen LogP contribution in [0.4, 0.5) is 61.2 Å². The van der Waals surface area contributed by atoms with Gasteiger partial charge < -0.3 is 30.8 Å². The highest BCUT2D eigenvalue weighted by molar-refractivity contribution is 6.36. The van der Waals surface area contributed by atoms with E-state index >= 15 is 0 Å². The first-order valence-corrected chi connectivity index (χ1v) is 23.2. The van der Waals surface area contributed by atoms with E-state index in [0.29, 0.717) is 120 Å². The molecule has 1 fully saturated rings. The molecule has 8 aromatic rings. The van der Waals surface area contributed by atoms with Gasteiger partial charge in [0.05, 0.1) is 11.1 Å². The molecule has 1 saturated heterocycles. The van der Waals surface area contributed by atoms with E-state index in [2.05, 4.69) is 55.7 Å². The average Bonchev–Trinajstić information content (AvgIpc) is 3.92. The fraction of sp³-hybridized carbons (Fsp3) is 0.277. The Labute approximate surface area is 411 Å².